The van der Waals surface area contributed by atoms with Gasteiger partial charge in [0.1, 0.15) is 11.4 Å². The van der Waals surface area contributed by atoms with Gasteiger partial charge in [0.2, 0.25) is 5.43 Å². The summed E-state index contributed by atoms with van der Waals surface area (Å²) in [6.07, 6.45) is 5.25. The fourth-order valence-corrected chi connectivity index (χ4v) is 4.13. The highest BCUT2D eigenvalue weighted by Crippen LogP contribution is 2.41. The Bertz CT molecular complexity index is 1230. The molecule has 0 bridgehead atoms. The maximum absolute atomic E-state index is 12.9. The van der Waals surface area contributed by atoms with E-state index < -0.39 is 11.4 Å². The molecule has 0 unspecified atom stereocenters. The van der Waals surface area contributed by atoms with E-state index in [0.717, 1.165) is 46.4 Å². The summed E-state index contributed by atoms with van der Waals surface area (Å²) in [6, 6.07) is 5.79. The number of carbonyl (C=O) groups is 1. The van der Waals surface area contributed by atoms with Crippen LogP contribution in [0.15, 0.2) is 35.4 Å². The summed E-state index contributed by atoms with van der Waals surface area (Å²) in [5.74, 6) is -0.456. The van der Waals surface area contributed by atoms with Crippen LogP contribution in [-0.4, -0.2) is 33.7 Å². The van der Waals surface area contributed by atoms with Crippen LogP contribution >= 0.6 is 0 Å². The molecule has 0 atom stereocenters. The molecule has 154 valence electrons. The number of ether oxygens (including phenoxy) is 1. The highest BCUT2D eigenvalue weighted by Gasteiger charge is 2.29. The van der Waals surface area contributed by atoms with Crippen LogP contribution < -0.4 is 16.5 Å². The quantitative estimate of drug-likeness (QED) is 0.595. The van der Waals surface area contributed by atoms with E-state index in [2.05, 4.69) is 10.3 Å². The number of rotatable bonds is 5. The lowest BCUT2D eigenvalue weighted by Crippen LogP contribution is -2.19. The second kappa shape index (κ2) is 7.23. The first-order chi connectivity index (χ1) is 14.6. The predicted octanol–water partition coefficient (Wildman–Crippen LogP) is 2.50. The van der Waals surface area contributed by atoms with Crippen LogP contribution in [0.1, 0.15) is 40.4 Å². The zero-order valence-corrected chi connectivity index (χ0v) is 16.4. The Morgan fingerprint density at radius 2 is 2.13 bits per heavy atom. The Morgan fingerprint density at radius 1 is 1.30 bits per heavy atom. The normalized spacial score (nSPS) is 15.4. The first-order valence-electron chi connectivity index (χ1n) is 10.0. The minimum Gasteiger partial charge on any atom is -0.477 e. The topological polar surface area (TPSA) is 119 Å². The van der Waals surface area contributed by atoms with Crippen LogP contribution in [0.5, 0.6) is 0 Å². The number of nitrogens with zero attached hydrogens (tertiary/aromatic N) is 2. The molecule has 3 aromatic rings. The third-order valence-corrected chi connectivity index (χ3v) is 5.70. The summed E-state index contributed by atoms with van der Waals surface area (Å²) in [5.41, 5.74) is 9.50. The third-order valence-electron chi connectivity index (χ3n) is 5.70. The monoisotopic (exact) mass is 406 g/mol. The molecule has 0 spiro atoms. The number of carboxylic acids is 1. The Balaban J connectivity index is 1.74. The third kappa shape index (κ3) is 3.05. The van der Waals surface area contributed by atoms with Crippen LogP contribution in [0.25, 0.3) is 22.0 Å². The Kier molecular flexibility index (Phi) is 4.52. The number of anilines is 1. The van der Waals surface area contributed by atoms with Gasteiger partial charge in [-0.3, -0.25) is 4.79 Å². The maximum atomic E-state index is 12.9. The zero-order chi connectivity index (χ0) is 20.8. The lowest BCUT2D eigenvalue weighted by molar-refractivity contribution is 0.0695. The van der Waals surface area contributed by atoms with E-state index in [0.29, 0.717) is 31.7 Å². The number of pyridine rings is 2. The molecule has 1 fully saturated rings. The Morgan fingerprint density at radius 3 is 2.87 bits per heavy atom. The molecule has 30 heavy (non-hydrogen) atoms. The first-order valence-corrected chi connectivity index (χ1v) is 10.0. The van der Waals surface area contributed by atoms with Gasteiger partial charge in [-0.2, -0.15) is 0 Å². The molecule has 8 heteroatoms. The van der Waals surface area contributed by atoms with Crippen molar-refractivity contribution < 1.29 is 14.6 Å². The lowest BCUT2D eigenvalue weighted by Gasteiger charge is -2.17. The summed E-state index contributed by atoms with van der Waals surface area (Å²) >= 11 is 0. The molecule has 5 rings (SSSR count). The number of fused-ring (bicyclic) bond motifs is 5. The minimum absolute atomic E-state index is 0.193. The fraction of sp³-hybridized carbons (Fsp3) is 0.318. The molecule has 2 aromatic heterocycles. The summed E-state index contributed by atoms with van der Waals surface area (Å²) in [7, 11) is 0. The standard InChI is InChI=1S/C22H22N4O4/c23-5-6-24-19-7-12-10-30-11-18-14(16(12)8-25-19)3-4-15-20(18)26(13-1-2-13)9-17(21(15)27)22(28)29/h3-4,7-9,13H,1-2,5-6,10-11,23H2,(H,24,25)(H,28,29). The summed E-state index contributed by atoms with van der Waals surface area (Å²) in [6.45, 7) is 1.91. The second-order valence-corrected chi connectivity index (χ2v) is 7.74. The molecule has 1 saturated carbocycles. The zero-order valence-electron chi connectivity index (χ0n) is 16.4. The maximum Gasteiger partial charge on any atom is 0.341 e. The van der Waals surface area contributed by atoms with Gasteiger partial charge in [-0.25, -0.2) is 9.78 Å². The van der Waals surface area contributed by atoms with Gasteiger partial charge in [-0.1, -0.05) is 6.07 Å². The number of benzene rings is 1. The van der Waals surface area contributed by atoms with Crippen LogP contribution in [0, 0.1) is 0 Å². The van der Waals surface area contributed by atoms with Crippen LogP contribution in [0.2, 0.25) is 0 Å². The highest BCUT2D eigenvalue weighted by molar-refractivity contribution is 5.96. The first kappa shape index (κ1) is 18.8. The molecule has 1 aromatic carbocycles. The van der Waals surface area contributed by atoms with Gasteiger partial charge >= 0.3 is 5.97 Å². The minimum atomic E-state index is -1.20. The van der Waals surface area contributed by atoms with Crippen molar-refractivity contribution in [3.63, 3.8) is 0 Å². The van der Waals surface area contributed by atoms with E-state index in [9.17, 15) is 14.7 Å². The summed E-state index contributed by atoms with van der Waals surface area (Å²) in [5, 5.41) is 13.1. The Hall–Kier alpha value is -3.23. The van der Waals surface area contributed by atoms with Gasteiger partial charge in [0.05, 0.1) is 18.7 Å². The van der Waals surface area contributed by atoms with E-state index in [1.54, 1.807) is 6.07 Å². The van der Waals surface area contributed by atoms with Crippen molar-refractivity contribution in [2.45, 2.75) is 32.1 Å². The SMILES string of the molecule is NCCNc1cc2c(cn1)-c1ccc3c(=O)c(C(=O)O)cn(C4CC4)c3c1COC2. The van der Waals surface area contributed by atoms with Gasteiger partial charge in [0, 0.05) is 48.0 Å². The van der Waals surface area contributed by atoms with E-state index >= 15 is 0 Å². The molecular weight excluding hydrogens is 384 g/mol. The van der Waals surface area contributed by atoms with Gasteiger partial charge in [-0.15, -0.1) is 0 Å². The molecule has 1 aliphatic carbocycles. The number of hydrogen-bond donors (Lipinski definition) is 3. The molecule has 8 nitrogen and oxygen atoms in total. The van der Waals surface area contributed by atoms with Crippen LogP contribution in [0.4, 0.5) is 5.82 Å². The van der Waals surface area contributed by atoms with Crippen LogP contribution in [0.3, 0.4) is 0 Å². The van der Waals surface area contributed by atoms with Crippen molar-refractivity contribution in [1.82, 2.24) is 9.55 Å². The number of nitrogens with one attached hydrogen (secondary N) is 1. The van der Waals surface area contributed by atoms with Crippen molar-refractivity contribution in [1.29, 1.82) is 0 Å². The number of hydrogen-bond acceptors (Lipinski definition) is 6. The predicted molar refractivity (Wildman–Crippen MR) is 113 cm³/mol. The Labute approximate surface area is 172 Å². The van der Waals surface area contributed by atoms with Crippen molar-refractivity contribution in [3.05, 3.63) is 57.5 Å². The number of nitrogens with two attached hydrogens (primary N) is 1. The molecule has 0 amide bonds. The smallest absolute Gasteiger partial charge is 0.341 e. The molecule has 0 saturated heterocycles. The number of aromatic carboxylic acids is 1. The average Bonchev–Trinajstić information content (AvgIpc) is 3.58. The average molecular weight is 406 g/mol. The van der Waals surface area contributed by atoms with E-state index in [4.69, 9.17) is 10.5 Å². The second-order valence-electron chi connectivity index (χ2n) is 7.74. The largest absolute Gasteiger partial charge is 0.477 e. The summed E-state index contributed by atoms with van der Waals surface area (Å²) < 4.78 is 7.93. The molecule has 1 aliphatic heterocycles. The van der Waals surface area contributed by atoms with Crippen molar-refractivity contribution >= 4 is 22.7 Å². The van der Waals surface area contributed by atoms with E-state index in [-0.39, 0.29) is 11.6 Å². The number of carboxylic acid groups (broad SMARTS) is 1. The number of aromatic nitrogens is 2. The van der Waals surface area contributed by atoms with Crippen molar-refractivity contribution in [2.24, 2.45) is 5.73 Å². The molecule has 3 heterocycles. The molecule has 2 aliphatic rings. The molecule has 4 N–H and O–H groups in total. The van der Waals surface area contributed by atoms with Gasteiger partial charge in [0.25, 0.3) is 0 Å². The van der Waals surface area contributed by atoms with Gasteiger partial charge in [0.15, 0.2) is 0 Å². The van der Waals surface area contributed by atoms with Crippen LogP contribution in [-0.2, 0) is 18.0 Å². The van der Waals surface area contributed by atoms with Crippen molar-refractivity contribution in [3.8, 4) is 11.1 Å². The van der Waals surface area contributed by atoms with E-state index in [1.165, 1.54) is 6.20 Å². The molecular formula is C22H22N4O4. The highest BCUT2D eigenvalue weighted by atomic mass is 16.5. The lowest BCUT2D eigenvalue weighted by atomic mass is 9.95. The van der Waals surface area contributed by atoms with Gasteiger partial charge in [-0.05, 0) is 36.1 Å². The fourth-order valence-electron chi connectivity index (χ4n) is 4.13. The summed E-state index contributed by atoms with van der Waals surface area (Å²) in [4.78, 5) is 29.0. The molecule has 0 radical (unpaired) electrons. The van der Waals surface area contributed by atoms with E-state index in [1.807, 2.05) is 22.9 Å². The van der Waals surface area contributed by atoms with Gasteiger partial charge < -0.3 is 25.5 Å². The van der Waals surface area contributed by atoms with Crippen molar-refractivity contribution in [2.75, 3.05) is 18.4 Å².